The molecule has 0 atom stereocenters. The molecule has 0 spiro atoms. The summed E-state index contributed by atoms with van der Waals surface area (Å²) in [5.74, 6) is -2.50. The van der Waals surface area contributed by atoms with Gasteiger partial charge in [0.2, 0.25) is 0 Å². The van der Waals surface area contributed by atoms with Crippen LogP contribution >= 0.6 is 0 Å². The third-order valence-corrected chi connectivity index (χ3v) is 0.256. The minimum Gasteiger partial charge on any atom is -0.481 e. The fourth-order valence-corrected chi connectivity index (χ4v) is 0.0645. The largest absolute Gasteiger partial charge is 0.481 e. The molecule has 0 unspecified atom stereocenters. The van der Waals surface area contributed by atoms with E-state index in [2.05, 4.69) is 0 Å². The summed E-state index contributed by atoms with van der Waals surface area (Å²) in [7, 11) is 0. The van der Waals surface area contributed by atoms with Crippen LogP contribution in [0.4, 0.5) is 0 Å². The normalized spacial score (nSPS) is 6.50. The average molecular weight is 312 g/mol. The maximum Gasteiger partial charge on any atom is 0.300 e. The number of carbonyl (C=O) groups is 3. The molecule has 0 aliphatic heterocycles. The molecule has 0 saturated carbocycles. The van der Waals surface area contributed by atoms with Gasteiger partial charge in [-0.05, 0) is 0 Å². The standard InChI is InChI=1S/C2H8N2O.3C2H4O2.Fe/c3-1-2-4-5;3*1-2(3)4;/h4-5H,1-3H2;3*1H3,(H,3,4);. The summed E-state index contributed by atoms with van der Waals surface area (Å²) in [5.41, 5.74) is 6.81. The van der Waals surface area contributed by atoms with E-state index in [0.29, 0.717) is 13.1 Å². The van der Waals surface area contributed by atoms with E-state index in [9.17, 15) is 0 Å². The second-order valence-electron chi connectivity index (χ2n) is 2.25. The van der Waals surface area contributed by atoms with Gasteiger partial charge in [-0.1, -0.05) is 0 Å². The second kappa shape index (κ2) is 29.7. The van der Waals surface area contributed by atoms with Crippen LogP contribution in [-0.4, -0.2) is 51.5 Å². The third-order valence-electron chi connectivity index (χ3n) is 0.256. The number of nitrogens with one attached hydrogen (secondary N) is 1. The van der Waals surface area contributed by atoms with Crippen molar-refractivity contribution in [3.8, 4) is 0 Å². The van der Waals surface area contributed by atoms with Crippen LogP contribution in [0.25, 0.3) is 0 Å². The van der Waals surface area contributed by atoms with Crippen LogP contribution in [0.5, 0.6) is 0 Å². The summed E-state index contributed by atoms with van der Waals surface area (Å²) in [5, 5.41) is 30.0. The molecule has 112 valence electrons. The number of nitrogens with two attached hydrogens (primary N) is 1. The second-order valence-corrected chi connectivity index (χ2v) is 2.25. The summed E-state index contributed by atoms with van der Waals surface area (Å²) in [6, 6.07) is 0. The number of carboxylic acids is 3. The van der Waals surface area contributed by atoms with E-state index in [1.165, 1.54) is 0 Å². The monoisotopic (exact) mass is 312 g/mol. The van der Waals surface area contributed by atoms with Gasteiger partial charge in [0.05, 0.1) is 0 Å². The maximum absolute atomic E-state index is 9.00. The molecule has 0 rings (SSSR count). The number of hydroxylamine groups is 1. The van der Waals surface area contributed by atoms with Gasteiger partial charge in [0.25, 0.3) is 17.9 Å². The molecule has 9 nitrogen and oxygen atoms in total. The van der Waals surface area contributed by atoms with Crippen molar-refractivity contribution in [2.24, 2.45) is 5.73 Å². The first-order valence-corrected chi connectivity index (χ1v) is 4.27. The Morgan fingerprint density at radius 3 is 1.11 bits per heavy atom. The molecule has 0 fully saturated rings. The quantitative estimate of drug-likeness (QED) is 0.282. The zero-order valence-corrected chi connectivity index (χ0v) is 11.5. The van der Waals surface area contributed by atoms with E-state index in [4.69, 9.17) is 40.6 Å². The molecule has 7 N–H and O–H groups in total. The molecule has 18 heavy (non-hydrogen) atoms. The fourth-order valence-electron chi connectivity index (χ4n) is 0.0645. The predicted molar refractivity (Wildman–Crippen MR) is 58.8 cm³/mol. The molecule has 0 saturated heterocycles. The van der Waals surface area contributed by atoms with Crippen molar-refractivity contribution < 1.29 is 52.0 Å². The van der Waals surface area contributed by atoms with Crippen LogP contribution in [0.15, 0.2) is 0 Å². The van der Waals surface area contributed by atoms with E-state index in [1.807, 2.05) is 5.48 Å². The summed E-state index contributed by atoms with van der Waals surface area (Å²) in [4.78, 5) is 27.0. The molecule has 0 bridgehead atoms. The first kappa shape index (κ1) is 30.1. The third kappa shape index (κ3) is 4310. The minimum absolute atomic E-state index is 0. The zero-order chi connectivity index (χ0) is 14.9. The zero-order valence-electron chi connectivity index (χ0n) is 10.4. The van der Waals surface area contributed by atoms with E-state index >= 15 is 0 Å². The van der Waals surface area contributed by atoms with E-state index in [-0.39, 0.29) is 17.1 Å². The molecule has 0 aromatic rings. The average Bonchev–Trinajstić information content (AvgIpc) is 2.01. The fraction of sp³-hybridized carbons (Fsp3) is 0.625. The summed E-state index contributed by atoms with van der Waals surface area (Å²) in [6.45, 7) is 4.20. The molecule has 0 radical (unpaired) electrons. The van der Waals surface area contributed by atoms with Crippen molar-refractivity contribution in [1.82, 2.24) is 5.48 Å². The van der Waals surface area contributed by atoms with E-state index in [1.54, 1.807) is 0 Å². The van der Waals surface area contributed by atoms with Crippen LogP contribution in [0.2, 0.25) is 0 Å². The number of hydrogen-bond donors (Lipinski definition) is 6. The van der Waals surface area contributed by atoms with Crippen LogP contribution in [0.3, 0.4) is 0 Å². The van der Waals surface area contributed by atoms with Crippen LogP contribution in [-0.2, 0) is 31.5 Å². The molecule has 0 amide bonds. The van der Waals surface area contributed by atoms with Gasteiger partial charge in [-0.3, -0.25) is 14.4 Å². The van der Waals surface area contributed by atoms with Gasteiger partial charge >= 0.3 is 0 Å². The molecule has 0 aliphatic carbocycles. The Morgan fingerprint density at radius 1 is 0.944 bits per heavy atom. The SMILES string of the molecule is CC(=O)O.CC(=O)O.CC(=O)O.NCCNO.[Fe]. The maximum atomic E-state index is 9.00. The summed E-state index contributed by atoms with van der Waals surface area (Å²) >= 11 is 0. The van der Waals surface area contributed by atoms with Crippen LogP contribution in [0.1, 0.15) is 20.8 Å². The van der Waals surface area contributed by atoms with Crippen molar-refractivity contribution in [2.45, 2.75) is 20.8 Å². The topological polar surface area (TPSA) is 170 Å². The van der Waals surface area contributed by atoms with Crippen molar-refractivity contribution in [3.05, 3.63) is 0 Å². The Balaban J connectivity index is -0.0000000412. The molecule has 10 heteroatoms. The Morgan fingerprint density at radius 2 is 1.11 bits per heavy atom. The van der Waals surface area contributed by atoms with Crippen molar-refractivity contribution >= 4 is 17.9 Å². The van der Waals surface area contributed by atoms with E-state index in [0.717, 1.165) is 20.8 Å². The first-order valence-electron chi connectivity index (χ1n) is 4.27. The molecule has 0 aromatic heterocycles. The smallest absolute Gasteiger partial charge is 0.300 e. The Hall–Kier alpha value is -1.19. The summed E-state index contributed by atoms with van der Waals surface area (Å²) in [6.07, 6.45) is 0. The number of rotatable bonds is 2. The molecular weight excluding hydrogens is 292 g/mol. The van der Waals surface area contributed by atoms with Gasteiger partial charge in [0.15, 0.2) is 0 Å². The Bertz CT molecular complexity index is 159. The van der Waals surface area contributed by atoms with Gasteiger partial charge in [0, 0.05) is 50.9 Å². The number of hydrogen-bond acceptors (Lipinski definition) is 6. The van der Waals surface area contributed by atoms with Crippen molar-refractivity contribution in [3.63, 3.8) is 0 Å². The predicted octanol–water partition coefficient (Wildman–Crippen LogP) is -0.806. The first-order chi connectivity index (χ1) is 7.61. The Kier molecular flexibility index (Phi) is 49.7. The van der Waals surface area contributed by atoms with Crippen LogP contribution in [0, 0.1) is 0 Å². The Labute approximate surface area is 115 Å². The molecule has 0 aromatic carbocycles. The molecule has 0 aliphatic rings. The number of aliphatic carboxylic acids is 3. The van der Waals surface area contributed by atoms with Crippen molar-refractivity contribution in [1.29, 1.82) is 0 Å². The summed E-state index contributed by atoms with van der Waals surface area (Å²) < 4.78 is 0. The van der Waals surface area contributed by atoms with E-state index < -0.39 is 17.9 Å². The molecule has 0 heterocycles. The minimum atomic E-state index is -0.833. The number of carboxylic acid groups (broad SMARTS) is 3. The molecular formula is C8H20FeN2O7. The van der Waals surface area contributed by atoms with Gasteiger partial charge in [-0.25, -0.2) is 5.48 Å². The van der Waals surface area contributed by atoms with Gasteiger partial charge in [0.1, 0.15) is 0 Å². The van der Waals surface area contributed by atoms with Gasteiger partial charge in [-0.15, -0.1) is 0 Å². The van der Waals surface area contributed by atoms with Gasteiger partial charge < -0.3 is 26.3 Å². The van der Waals surface area contributed by atoms with Crippen LogP contribution < -0.4 is 11.2 Å². The van der Waals surface area contributed by atoms with Crippen molar-refractivity contribution in [2.75, 3.05) is 13.1 Å². The van der Waals surface area contributed by atoms with Gasteiger partial charge in [-0.2, -0.15) is 0 Å².